The van der Waals surface area contributed by atoms with E-state index in [0.717, 1.165) is 28.5 Å². The molecule has 2 atom stereocenters. The number of hydrogen-bond donors (Lipinski definition) is 2. The van der Waals surface area contributed by atoms with Gasteiger partial charge in [0.15, 0.2) is 11.6 Å². The molecule has 4 rings (SSSR count). The average Bonchev–Trinajstić information content (AvgIpc) is 3.22. The van der Waals surface area contributed by atoms with Gasteiger partial charge in [0.2, 0.25) is 0 Å². The zero-order valence-corrected chi connectivity index (χ0v) is 17.8. The first-order chi connectivity index (χ1) is 15.0. The van der Waals surface area contributed by atoms with Gasteiger partial charge < -0.3 is 10.3 Å². The average molecular weight is 411 g/mol. The second kappa shape index (κ2) is 9.11. The number of carbonyl (C=O) groups is 2. The van der Waals surface area contributed by atoms with E-state index in [-0.39, 0.29) is 17.6 Å². The van der Waals surface area contributed by atoms with Crippen molar-refractivity contribution in [3.63, 3.8) is 0 Å². The second-order valence-corrected chi connectivity index (χ2v) is 7.98. The summed E-state index contributed by atoms with van der Waals surface area (Å²) < 4.78 is 0. The van der Waals surface area contributed by atoms with Crippen LogP contribution >= 0.6 is 0 Å². The molecule has 0 aliphatic rings. The van der Waals surface area contributed by atoms with E-state index in [9.17, 15) is 9.59 Å². The number of aromatic nitrogens is 1. The molecule has 4 heteroatoms. The summed E-state index contributed by atoms with van der Waals surface area (Å²) in [5, 5.41) is 4.47. The zero-order valence-electron chi connectivity index (χ0n) is 17.8. The number of nitrogens with one attached hydrogen (secondary N) is 2. The number of rotatable bonds is 8. The molecule has 0 fully saturated rings. The zero-order chi connectivity index (χ0) is 21.8. The number of ketones is 2. The Hall–Kier alpha value is -3.50. The number of fused-ring (bicyclic) bond motifs is 1. The Bertz CT molecular complexity index is 1190. The van der Waals surface area contributed by atoms with Gasteiger partial charge in [0.25, 0.3) is 0 Å². The predicted octanol–water partition coefficient (Wildman–Crippen LogP) is 5.52. The molecule has 31 heavy (non-hydrogen) atoms. The van der Waals surface area contributed by atoms with Crippen molar-refractivity contribution < 1.29 is 9.59 Å². The van der Waals surface area contributed by atoms with Crippen LogP contribution in [0.2, 0.25) is 0 Å². The molecule has 0 saturated heterocycles. The van der Waals surface area contributed by atoms with E-state index in [0.29, 0.717) is 11.1 Å². The maximum atomic E-state index is 13.6. The predicted molar refractivity (Wildman–Crippen MR) is 125 cm³/mol. The number of aromatic amines is 1. The molecule has 2 N–H and O–H groups in total. The molecule has 0 unspecified atom stereocenters. The van der Waals surface area contributed by atoms with Gasteiger partial charge in [0.05, 0.1) is 6.04 Å². The number of carbonyl (C=O) groups excluding carboxylic acids is 2. The smallest absolute Gasteiger partial charge is 0.186 e. The summed E-state index contributed by atoms with van der Waals surface area (Å²) in [4.78, 5) is 28.3. The standard InChI is InChI=1S/C27H26N2O2/c1-18(16-20-12-14-21(15-13-20)19(2)30)29-26(22-8-4-3-5-9-22)27(31)24-17-28-25-11-7-6-10-23(24)25/h3-15,17-18,26,28-29H,16H2,1-2H3/t18-,26-/m0/s1. The van der Waals surface area contributed by atoms with Crippen molar-refractivity contribution in [3.05, 3.63) is 107 Å². The summed E-state index contributed by atoms with van der Waals surface area (Å²) in [5.74, 6) is 0.105. The van der Waals surface area contributed by atoms with Gasteiger partial charge in [-0.2, -0.15) is 0 Å². The van der Waals surface area contributed by atoms with Gasteiger partial charge in [-0.3, -0.25) is 9.59 Å². The quantitative estimate of drug-likeness (QED) is 0.376. The van der Waals surface area contributed by atoms with Crippen LogP contribution < -0.4 is 5.32 Å². The number of para-hydroxylation sites is 1. The largest absolute Gasteiger partial charge is 0.360 e. The van der Waals surface area contributed by atoms with Crippen molar-refractivity contribution in [1.29, 1.82) is 0 Å². The molecule has 0 amide bonds. The number of H-pyrrole nitrogens is 1. The molecule has 0 aliphatic heterocycles. The molecule has 0 radical (unpaired) electrons. The molecule has 156 valence electrons. The van der Waals surface area contributed by atoms with E-state index in [1.165, 1.54) is 0 Å². The third kappa shape index (κ3) is 4.65. The minimum Gasteiger partial charge on any atom is -0.360 e. The Morgan fingerprint density at radius 2 is 1.58 bits per heavy atom. The molecule has 0 aliphatic carbocycles. The highest BCUT2D eigenvalue weighted by atomic mass is 16.1. The van der Waals surface area contributed by atoms with Crippen LogP contribution in [0.3, 0.4) is 0 Å². The van der Waals surface area contributed by atoms with E-state index in [1.807, 2.05) is 78.9 Å². The first-order valence-electron chi connectivity index (χ1n) is 10.5. The van der Waals surface area contributed by atoms with Crippen LogP contribution in [0.1, 0.15) is 51.7 Å². The summed E-state index contributed by atoms with van der Waals surface area (Å²) in [6.07, 6.45) is 2.55. The van der Waals surface area contributed by atoms with Gasteiger partial charge in [-0.05, 0) is 37.5 Å². The van der Waals surface area contributed by atoms with Gasteiger partial charge in [-0.25, -0.2) is 0 Å². The highest BCUT2D eigenvalue weighted by Gasteiger charge is 2.25. The summed E-state index contributed by atoms with van der Waals surface area (Å²) in [5.41, 5.74) is 4.42. The third-order valence-electron chi connectivity index (χ3n) is 5.60. The molecule has 4 aromatic rings. The fourth-order valence-corrected chi connectivity index (χ4v) is 3.97. The van der Waals surface area contributed by atoms with Crippen LogP contribution in [0, 0.1) is 0 Å². The molecular formula is C27H26N2O2. The first kappa shape index (κ1) is 20.8. The fraction of sp³-hybridized carbons (Fsp3) is 0.185. The second-order valence-electron chi connectivity index (χ2n) is 7.98. The van der Waals surface area contributed by atoms with Gasteiger partial charge in [-0.1, -0.05) is 72.8 Å². The summed E-state index contributed by atoms with van der Waals surface area (Å²) in [7, 11) is 0. The van der Waals surface area contributed by atoms with Gasteiger partial charge in [-0.15, -0.1) is 0 Å². The number of benzene rings is 3. The minimum atomic E-state index is -0.452. The molecule has 4 nitrogen and oxygen atoms in total. The number of Topliss-reactive ketones (excluding diaryl/α,β-unsaturated/α-hetero) is 2. The SMILES string of the molecule is CC(=O)c1ccc(C[C@H](C)N[C@H](C(=O)c2c[nH]c3ccccc23)c2ccccc2)cc1. The molecule has 0 saturated carbocycles. The number of hydrogen-bond acceptors (Lipinski definition) is 3. The van der Waals surface area contributed by atoms with E-state index < -0.39 is 6.04 Å². The highest BCUT2D eigenvalue weighted by Crippen LogP contribution is 2.25. The van der Waals surface area contributed by atoms with Gasteiger partial charge in [0.1, 0.15) is 0 Å². The molecular weight excluding hydrogens is 384 g/mol. The molecule has 1 heterocycles. The van der Waals surface area contributed by atoms with Crippen LogP contribution in [0.25, 0.3) is 10.9 Å². The van der Waals surface area contributed by atoms with Gasteiger partial charge in [0, 0.05) is 34.3 Å². The lowest BCUT2D eigenvalue weighted by Gasteiger charge is -2.23. The third-order valence-corrected chi connectivity index (χ3v) is 5.60. The first-order valence-corrected chi connectivity index (χ1v) is 10.5. The lowest BCUT2D eigenvalue weighted by molar-refractivity contribution is 0.0937. The molecule has 0 bridgehead atoms. The van der Waals surface area contributed by atoms with Crippen LogP contribution in [0.4, 0.5) is 0 Å². The summed E-state index contributed by atoms with van der Waals surface area (Å²) in [6, 6.07) is 25.0. The summed E-state index contributed by atoms with van der Waals surface area (Å²) >= 11 is 0. The van der Waals surface area contributed by atoms with Crippen LogP contribution in [-0.2, 0) is 6.42 Å². The molecule has 0 spiro atoms. The maximum Gasteiger partial charge on any atom is 0.186 e. The minimum absolute atomic E-state index is 0.0439. The van der Waals surface area contributed by atoms with Crippen molar-refractivity contribution in [2.45, 2.75) is 32.4 Å². The Labute approximate surface area is 182 Å². The Kier molecular flexibility index (Phi) is 6.10. The van der Waals surface area contributed by atoms with Crippen molar-refractivity contribution in [3.8, 4) is 0 Å². The van der Waals surface area contributed by atoms with Crippen LogP contribution in [-0.4, -0.2) is 22.6 Å². The normalized spacial score (nSPS) is 13.1. The van der Waals surface area contributed by atoms with Crippen LogP contribution in [0.15, 0.2) is 85.1 Å². The Balaban J connectivity index is 1.58. The van der Waals surface area contributed by atoms with E-state index in [1.54, 1.807) is 13.1 Å². The monoisotopic (exact) mass is 410 g/mol. The molecule has 3 aromatic carbocycles. The summed E-state index contributed by atoms with van der Waals surface area (Å²) in [6.45, 7) is 3.65. The Morgan fingerprint density at radius 3 is 2.29 bits per heavy atom. The van der Waals surface area contributed by atoms with Crippen LogP contribution in [0.5, 0.6) is 0 Å². The fourth-order valence-electron chi connectivity index (χ4n) is 3.97. The van der Waals surface area contributed by atoms with Crippen molar-refractivity contribution >= 4 is 22.5 Å². The maximum absolute atomic E-state index is 13.6. The van der Waals surface area contributed by atoms with Gasteiger partial charge >= 0.3 is 0 Å². The Morgan fingerprint density at radius 1 is 0.903 bits per heavy atom. The highest BCUT2D eigenvalue weighted by molar-refractivity contribution is 6.10. The lowest BCUT2D eigenvalue weighted by atomic mass is 9.95. The molecule has 1 aromatic heterocycles. The van der Waals surface area contributed by atoms with Crippen molar-refractivity contribution in [1.82, 2.24) is 10.3 Å². The van der Waals surface area contributed by atoms with Crippen molar-refractivity contribution in [2.24, 2.45) is 0 Å². The van der Waals surface area contributed by atoms with Crippen molar-refractivity contribution in [2.75, 3.05) is 0 Å². The van der Waals surface area contributed by atoms with E-state index in [4.69, 9.17) is 0 Å². The lowest BCUT2D eigenvalue weighted by Crippen LogP contribution is -2.36. The van der Waals surface area contributed by atoms with E-state index in [2.05, 4.69) is 17.2 Å². The van der Waals surface area contributed by atoms with E-state index >= 15 is 0 Å². The topological polar surface area (TPSA) is 62.0 Å².